The summed E-state index contributed by atoms with van der Waals surface area (Å²) in [7, 11) is -2.31. The van der Waals surface area contributed by atoms with Crippen LogP contribution in [0.3, 0.4) is 0 Å². The van der Waals surface area contributed by atoms with E-state index in [0.29, 0.717) is 5.82 Å². The predicted octanol–water partition coefficient (Wildman–Crippen LogP) is 2.26. The molecule has 0 aromatic carbocycles. The van der Waals surface area contributed by atoms with Gasteiger partial charge in [0.1, 0.15) is 5.82 Å². The highest BCUT2D eigenvalue weighted by atomic mass is 32.2. The van der Waals surface area contributed by atoms with Crippen molar-refractivity contribution in [3.8, 4) is 0 Å². The molecule has 0 radical (unpaired) electrons. The Labute approximate surface area is 125 Å². The van der Waals surface area contributed by atoms with E-state index in [-0.39, 0.29) is 16.6 Å². The van der Waals surface area contributed by atoms with Crippen LogP contribution in [0.15, 0.2) is 17.2 Å². The number of sulfone groups is 1. The van der Waals surface area contributed by atoms with E-state index in [9.17, 15) is 13.2 Å². The summed E-state index contributed by atoms with van der Waals surface area (Å²) in [6, 6.07) is 2.86. The molecular weight excluding hydrogens is 292 g/mol. The van der Waals surface area contributed by atoms with Crippen LogP contribution in [-0.2, 0) is 14.6 Å². The quantitative estimate of drug-likeness (QED) is 0.811. The molecule has 0 saturated heterocycles. The van der Waals surface area contributed by atoms with Crippen molar-refractivity contribution < 1.29 is 17.9 Å². The van der Waals surface area contributed by atoms with Crippen molar-refractivity contribution in [3.05, 3.63) is 17.7 Å². The van der Waals surface area contributed by atoms with Gasteiger partial charge in [0.2, 0.25) is 0 Å². The Hall–Kier alpha value is -1.63. The molecule has 118 valence electrons. The molecule has 1 aromatic heterocycles. The normalized spacial score (nSPS) is 13.0. The first kappa shape index (κ1) is 17.4. The number of nitrogens with zero attached hydrogens (tertiary/aromatic N) is 1. The third kappa shape index (κ3) is 4.17. The molecule has 7 heteroatoms. The zero-order valence-corrected chi connectivity index (χ0v) is 13.8. The van der Waals surface area contributed by atoms with Crippen LogP contribution in [0.2, 0.25) is 0 Å². The molecule has 0 bridgehead atoms. The minimum absolute atomic E-state index is 0.111. The standard InChI is InChI=1S/C14H22N2O4S/c1-6-10(4)15-12-7-11(14(17)20-5)8-13(16-12)21(18,19)9(2)3/h7-10H,6H2,1-5H3,(H,15,16)/t10-/m0/s1. The lowest BCUT2D eigenvalue weighted by atomic mass is 10.2. The highest BCUT2D eigenvalue weighted by molar-refractivity contribution is 7.91. The summed E-state index contributed by atoms with van der Waals surface area (Å²) in [6.45, 7) is 7.09. The molecule has 0 saturated carbocycles. The molecular formula is C14H22N2O4S. The number of methoxy groups -OCH3 is 1. The van der Waals surface area contributed by atoms with E-state index in [2.05, 4.69) is 15.0 Å². The number of anilines is 1. The Balaban J connectivity index is 3.38. The minimum Gasteiger partial charge on any atom is -0.465 e. The molecule has 1 aromatic rings. The highest BCUT2D eigenvalue weighted by Gasteiger charge is 2.23. The Morgan fingerprint density at radius 3 is 2.43 bits per heavy atom. The fourth-order valence-corrected chi connectivity index (χ4v) is 2.56. The predicted molar refractivity (Wildman–Crippen MR) is 81.3 cm³/mol. The van der Waals surface area contributed by atoms with E-state index in [1.165, 1.54) is 19.2 Å². The van der Waals surface area contributed by atoms with Gasteiger partial charge in [-0.3, -0.25) is 0 Å². The van der Waals surface area contributed by atoms with Crippen molar-refractivity contribution in [2.24, 2.45) is 0 Å². The van der Waals surface area contributed by atoms with Crippen LogP contribution in [-0.4, -0.2) is 37.8 Å². The van der Waals surface area contributed by atoms with Gasteiger partial charge in [0, 0.05) is 6.04 Å². The summed E-state index contributed by atoms with van der Waals surface area (Å²) < 4.78 is 29.2. The van der Waals surface area contributed by atoms with Crippen molar-refractivity contribution in [3.63, 3.8) is 0 Å². The zero-order chi connectivity index (χ0) is 16.2. The lowest BCUT2D eigenvalue weighted by Gasteiger charge is -2.15. The van der Waals surface area contributed by atoms with E-state index in [4.69, 9.17) is 0 Å². The number of esters is 1. The molecule has 21 heavy (non-hydrogen) atoms. The van der Waals surface area contributed by atoms with Crippen molar-refractivity contribution >= 4 is 21.6 Å². The van der Waals surface area contributed by atoms with E-state index in [0.717, 1.165) is 6.42 Å². The number of carbonyl (C=O) groups excluding carboxylic acids is 1. The maximum atomic E-state index is 12.3. The maximum absolute atomic E-state index is 12.3. The Kier molecular flexibility index (Phi) is 5.71. The van der Waals surface area contributed by atoms with Crippen molar-refractivity contribution in [2.45, 2.75) is 50.4 Å². The second-order valence-corrected chi connectivity index (χ2v) is 7.57. The third-order valence-corrected chi connectivity index (χ3v) is 5.18. The molecule has 1 atom stereocenters. The Bertz CT molecular complexity index is 611. The topological polar surface area (TPSA) is 85.4 Å². The van der Waals surface area contributed by atoms with Gasteiger partial charge >= 0.3 is 5.97 Å². The fraction of sp³-hybridized carbons (Fsp3) is 0.571. The number of ether oxygens (including phenoxy) is 1. The Morgan fingerprint density at radius 2 is 1.95 bits per heavy atom. The van der Waals surface area contributed by atoms with E-state index in [1.54, 1.807) is 13.8 Å². The van der Waals surface area contributed by atoms with Crippen molar-refractivity contribution in [1.82, 2.24) is 4.98 Å². The van der Waals surface area contributed by atoms with Gasteiger partial charge in [-0.2, -0.15) is 0 Å². The second kappa shape index (κ2) is 6.89. The molecule has 1 rings (SSSR count). The first-order chi connectivity index (χ1) is 9.72. The van der Waals surface area contributed by atoms with Crippen LogP contribution >= 0.6 is 0 Å². The van der Waals surface area contributed by atoms with Crippen LogP contribution in [0.5, 0.6) is 0 Å². The van der Waals surface area contributed by atoms with E-state index < -0.39 is 21.1 Å². The summed E-state index contributed by atoms with van der Waals surface area (Å²) in [6.07, 6.45) is 0.844. The summed E-state index contributed by atoms with van der Waals surface area (Å²) in [5.74, 6) is -0.240. The van der Waals surface area contributed by atoms with Gasteiger partial charge in [0.15, 0.2) is 14.9 Å². The lowest BCUT2D eigenvalue weighted by molar-refractivity contribution is 0.0600. The summed E-state index contributed by atoms with van der Waals surface area (Å²) in [5, 5.41) is 2.34. The van der Waals surface area contributed by atoms with Crippen LogP contribution in [0.25, 0.3) is 0 Å². The second-order valence-electron chi connectivity index (χ2n) is 5.12. The van der Waals surface area contributed by atoms with Gasteiger partial charge in [-0.1, -0.05) is 6.92 Å². The lowest BCUT2D eigenvalue weighted by Crippen LogP contribution is -2.20. The number of rotatable bonds is 6. The van der Waals surface area contributed by atoms with E-state index >= 15 is 0 Å². The molecule has 6 nitrogen and oxygen atoms in total. The molecule has 0 spiro atoms. The largest absolute Gasteiger partial charge is 0.465 e. The average molecular weight is 314 g/mol. The number of carbonyl (C=O) groups is 1. The SMILES string of the molecule is CC[C@H](C)Nc1cc(C(=O)OC)cc(S(=O)(=O)C(C)C)n1. The summed E-state index contributed by atoms with van der Waals surface area (Å²) >= 11 is 0. The summed E-state index contributed by atoms with van der Waals surface area (Å²) in [5.41, 5.74) is 0.164. The van der Waals surface area contributed by atoms with Gasteiger partial charge in [-0.25, -0.2) is 18.2 Å². The molecule has 0 aliphatic rings. The fourth-order valence-electron chi connectivity index (χ4n) is 1.56. The molecule has 0 fully saturated rings. The first-order valence-corrected chi connectivity index (χ1v) is 8.37. The van der Waals surface area contributed by atoms with Crippen molar-refractivity contribution in [2.75, 3.05) is 12.4 Å². The summed E-state index contributed by atoms with van der Waals surface area (Å²) in [4.78, 5) is 15.8. The van der Waals surface area contributed by atoms with Gasteiger partial charge in [0.05, 0.1) is 17.9 Å². The smallest absolute Gasteiger partial charge is 0.338 e. The number of aromatic nitrogens is 1. The highest BCUT2D eigenvalue weighted by Crippen LogP contribution is 2.20. The van der Waals surface area contributed by atoms with Gasteiger partial charge in [0.25, 0.3) is 0 Å². The average Bonchev–Trinajstić information content (AvgIpc) is 2.45. The Morgan fingerprint density at radius 1 is 1.33 bits per heavy atom. The molecule has 1 N–H and O–H groups in total. The van der Waals surface area contributed by atoms with Crippen LogP contribution < -0.4 is 5.32 Å². The molecule has 0 unspecified atom stereocenters. The minimum atomic E-state index is -3.57. The van der Waals surface area contributed by atoms with Crippen LogP contribution in [0.4, 0.5) is 5.82 Å². The number of nitrogens with one attached hydrogen (secondary N) is 1. The number of hydrogen-bond acceptors (Lipinski definition) is 6. The van der Waals surface area contributed by atoms with Gasteiger partial charge in [-0.05, 0) is 39.3 Å². The van der Waals surface area contributed by atoms with Crippen LogP contribution in [0, 0.1) is 0 Å². The third-order valence-electron chi connectivity index (χ3n) is 3.14. The number of pyridine rings is 1. The first-order valence-electron chi connectivity index (χ1n) is 6.83. The zero-order valence-electron chi connectivity index (χ0n) is 13.0. The monoisotopic (exact) mass is 314 g/mol. The van der Waals surface area contributed by atoms with Crippen LogP contribution in [0.1, 0.15) is 44.5 Å². The molecule has 0 aliphatic heterocycles. The van der Waals surface area contributed by atoms with Gasteiger partial charge in [-0.15, -0.1) is 0 Å². The van der Waals surface area contributed by atoms with Crippen molar-refractivity contribution in [1.29, 1.82) is 0 Å². The van der Waals surface area contributed by atoms with E-state index in [1.807, 2.05) is 13.8 Å². The molecule has 1 heterocycles. The molecule has 0 amide bonds. The number of hydrogen-bond donors (Lipinski definition) is 1. The van der Waals surface area contributed by atoms with Gasteiger partial charge < -0.3 is 10.1 Å². The molecule has 0 aliphatic carbocycles. The maximum Gasteiger partial charge on any atom is 0.338 e.